The van der Waals surface area contributed by atoms with Crippen LogP contribution in [0.25, 0.3) is 0 Å². The molecule has 2 fully saturated rings. The summed E-state index contributed by atoms with van der Waals surface area (Å²) >= 11 is 0. The van der Waals surface area contributed by atoms with E-state index in [-0.39, 0.29) is 24.1 Å². The highest BCUT2D eigenvalue weighted by Crippen LogP contribution is 2.55. The summed E-state index contributed by atoms with van der Waals surface area (Å²) in [7, 11) is 0. The van der Waals surface area contributed by atoms with Crippen LogP contribution in [0.3, 0.4) is 0 Å². The van der Waals surface area contributed by atoms with Crippen molar-refractivity contribution in [3.63, 3.8) is 0 Å². The molecule has 2 N–H and O–H groups in total. The molecule has 2 heterocycles. The van der Waals surface area contributed by atoms with E-state index in [1.165, 1.54) is 19.3 Å². The first-order valence-electron chi connectivity index (χ1n) is 11.1. The van der Waals surface area contributed by atoms with E-state index >= 15 is 0 Å². The van der Waals surface area contributed by atoms with Crippen molar-refractivity contribution in [3.05, 3.63) is 53.4 Å². The lowest BCUT2D eigenvalue weighted by atomic mass is 9.76. The number of benzene rings is 1. The number of halogens is 5. The summed E-state index contributed by atoms with van der Waals surface area (Å²) in [5.74, 6) is -6.79. The molecule has 1 aliphatic carbocycles. The molecule has 6 nitrogen and oxygen atoms in total. The number of anilines is 1. The predicted octanol–water partition coefficient (Wildman–Crippen LogP) is 4.65. The smallest absolute Gasteiger partial charge is 0.417 e. The molecular formula is C24H25F5N2O4. The van der Waals surface area contributed by atoms with Gasteiger partial charge >= 0.3 is 6.18 Å². The number of hydrogen-bond acceptors (Lipinski definition) is 5. The Morgan fingerprint density at radius 3 is 2.54 bits per heavy atom. The molecule has 2 aliphatic rings. The minimum Gasteiger partial charge on any atom is -0.487 e. The molecule has 1 aliphatic heterocycles. The molecule has 0 spiro atoms. The van der Waals surface area contributed by atoms with Crippen molar-refractivity contribution >= 4 is 11.6 Å². The number of aliphatic hydroxyl groups is 1. The topological polar surface area (TPSA) is 80.7 Å². The van der Waals surface area contributed by atoms with Crippen LogP contribution in [0.4, 0.5) is 27.6 Å². The molecule has 4 rings (SSSR count). The van der Waals surface area contributed by atoms with Gasteiger partial charge in [-0.1, -0.05) is 13.0 Å². The first kappa shape index (κ1) is 25.3. The van der Waals surface area contributed by atoms with Gasteiger partial charge in [0.05, 0.1) is 18.0 Å². The standard InChI is InChI=1S/C24H25F5N2O4/c1-11-6-13(10-30-9-11)31-22(33)21-18(12(2)23(3,35-21)24(27,28)29)16-4-5-17(25)19(26)20(16)34-15-7-14(32)8-15/h4-6,9-10,12,14-15,18,21,32H,7-8H2,1-3H3,(H,31,33)/t12-,14?,15?,18-,21+,23+/m0/s1. The van der Waals surface area contributed by atoms with Crippen LogP contribution in [-0.4, -0.2) is 46.1 Å². The average Bonchev–Trinajstić information content (AvgIpc) is 3.02. The molecule has 0 bridgehead atoms. The highest BCUT2D eigenvalue weighted by atomic mass is 19.4. The van der Waals surface area contributed by atoms with Crippen LogP contribution in [0.2, 0.25) is 0 Å². The number of carbonyl (C=O) groups is 1. The Morgan fingerprint density at radius 2 is 1.94 bits per heavy atom. The summed E-state index contributed by atoms with van der Waals surface area (Å²) in [6, 6.07) is 3.47. The molecular weight excluding hydrogens is 475 g/mol. The second-order valence-electron chi connectivity index (χ2n) is 9.34. The lowest BCUT2D eigenvalue weighted by molar-refractivity contribution is -0.272. The van der Waals surface area contributed by atoms with E-state index in [0.717, 1.165) is 19.1 Å². The van der Waals surface area contributed by atoms with Crippen molar-refractivity contribution in [2.24, 2.45) is 5.92 Å². The predicted molar refractivity (Wildman–Crippen MR) is 115 cm³/mol. The van der Waals surface area contributed by atoms with Crippen molar-refractivity contribution in [2.45, 2.75) is 69.6 Å². The number of aryl methyl sites for hydroxylation is 1. The molecule has 0 radical (unpaired) electrons. The molecule has 1 aromatic carbocycles. The molecule has 190 valence electrons. The lowest BCUT2D eigenvalue weighted by Crippen LogP contribution is -2.47. The quantitative estimate of drug-likeness (QED) is 0.585. The minimum absolute atomic E-state index is 0.117. The lowest BCUT2D eigenvalue weighted by Gasteiger charge is -2.34. The number of alkyl halides is 3. The molecule has 1 saturated carbocycles. The maximum atomic E-state index is 14.9. The number of nitrogens with zero attached hydrogens (tertiary/aromatic N) is 1. The van der Waals surface area contributed by atoms with Crippen molar-refractivity contribution in [3.8, 4) is 5.75 Å². The second-order valence-corrected chi connectivity index (χ2v) is 9.34. The number of pyridine rings is 1. The minimum atomic E-state index is -4.86. The zero-order valence-electron chi connectivity index (χ0n) is 19.2. The molecule has 0 unspecified atom stereocenters. The van der Waals surface area contributed by atoms with Gasteiger partial charge in [-0.05, 0) is 31.5 Å². The van der Waals surface area contributed by atoms with Crippen LogP contribution in [0, 0.1) is 24.5 Å². The SMILES string of the molecule is Cc1cncc(NC(=O)[C@@H]2O[C@@](C)(C(F)(F)F)[C@@H](C)[C@H]2c2ccc(F)c(F)c2OC2CC(O)C2)c1. The average molecular weight is 500 g/mol. The number of nitrogens with one attached hydrogen (secondary N) is 1. The Morgan fingerprint density at radius 1 is 1.26 bits per heavy atom. The van der Waals surface area contributed by atoms with Crippen LogP contribution >= 0.6 is 0 Å². The first-order valence-corrected chi connectivity index (χ1v) is 11.1. The van der Waals surface area contributed by atoms with Gasteiger partial charge in [-0.3, -0.25) is 9.78 Å². The summed E-state index contributed by atoms with van der Waals surface area (Å²) in [6.45, 7) is 3.80. The van der Waals surface area contributed by atoms with Gasteiger partial charge in [-0.2, -0.15) is 17.6 Å². The maximum Gasteiger partial charge on any atom is 0.417 e. The highest BCUT2D eigenvalue weighted by Gasteiger charge is 2.66. The van der Waals surface area contributed by atoms with Gasteiger partial charge in [0.15, 0.2) is 17.2 Å². The van der Waals surface area contributed by atoms with Crippen LogP contribution in [-0.2, 0) is 9.53 Å². The van der Waals surface area contributed by atoms with E-state index in [4.69, 9.17) is 9.47 Å². The summed E-state index contributed by atoms with van der Waals surface area (Å²) < 4.78 is 82.3. The third-order valence-corrected chi connectivity index (χ3v) is 6.86. The van der Waals surface area contributed by atoms with E-state index in [2.05, 4.69) is 10.3 Å². The van der Waals surface area contributed by atoms with E-state index in [0.29, 0.717) is 5.56 Å². The monoisotopic (exact) mass is 500 g/mol. The van der Waals surface area contributed by atoms with E-state index in [9.17, 15) is 31.9 Å². The van der Waals surface area contributed by atoms with E-state index in [1.54, 1.807) is 13.0 Å². The first-order chi connectivity index (χ1) is 16.3. The van der Waals surface area contributed by atoms with Gasteiger partial charge in [-0.25, -0.2) is 4.39 Å². The number of aromatic nitrogens is 1. The summed E-state index contributed by atoms with van der Waals surface area (Å²) in [5, 5.41) is 12.0. The van der Waals surface area contributed by atoms with Crippen molar-refractivity contribution in [1.29, 1.82) is 0 Å². The molecule has 11 heteroatoms. The fourth-order valence-electron chi connectivity index (χ4n) is 4.59. The number of amides is 1. The Balaban J connectivity index is 1.76. The third kappa shape index (κ3) is 4.58. The van der Waals surface area contributed by atoms with Crippen molar-refractivity contribution < 1.29 is 41.3 Å². The van der Waals surface area contributed by atoms with Gasteiger partial charge in [-0.15, -0.1) is 0 Å². The van der Waals surface area contributed by atoms with Crippen molar-refractivity contribution in [2.75, 3.05) is 5.32 Å². The normalized spacial score (nSPS) is 30.6. The van der Waals surface area contributed by atoms with Crippen LogP contribution in [0.5, 0.6) is 5.75 Å². The number of rotatable bonds is 5. The van der Waals surface area contributed by atoms with Gasteiger partial charge < -0.3 is 19.9 Å². The third-order valence-electron chi connectivity index (χ3n) is 6.86. The number of ether oxygens (including phenoxy) is 2. The zero-order chi connectivity index (χ0) is 25.7. The Hall–Kier alpha value is -2.79. The van der Waals surface area contributed by atoms with Gasteiger partial charge in [0, 0.05) is 36.4 Å². The summed E-state index contributed by atoms with van der Waals surface area (Å²) in [5.41, 5.74) is -1.91. The number of carbonyl (C=O) groups excluding carboxylic acids is 1. The number of hydrogen-bond donors (Lipinski definition) is 2. The van der Waals surface area contributed by atoms with Gasteiger partial charge in [0.25, 0.3) is 5.91 Å². The Bertz CT molecular complexity index is 1120. The Kier molecular flexibility index (Phi) is 6.52. The number of aliphatic hydroxyl groups excluding tert-OH is 1. The highest BCUT2D eigenvalue weighted by molar-refractivity contribution is 5.95. The van der Waals surface area contributed by atoms with E-state index < -0.39 is 65.2 Å². The Labute approximate surface area is 198 Å². The fourth-order valence-corrected chi connectivity index (χ4v) is 4.59. The summed E-state index contributed by atoms with van der Waals surface area (Å²) in [6.07, 6.45) is -4.67. The molecule has 1 aromatic heterocycles. The molecule has 1 amide bonds. The second kappa shape index (κ2) is 9.02. The zero-order valence-corrected chi connectivity index (χ0v) is 19.2. The summed E-state index contributed by atoms with van der Waals surface area (Å²) in [4.78, 5) is 17.1. The molecule has 2 aromatic rings. The van der Waals surface area contributed by atoms with Gasteiger partial charge in [0.2, 0.25) is 5.82 Å². The maximum absolute atomic E-state index is 14.9. The van der Waals surface area contributed by atoms with E-state index in [1.807, 2.05) is 0 Å². The van der Waals surface area contributed by atoms with Crippen LogP contribution in [0.1, 0.15) is 43.7 Å². The fraction of sp³-hybridized carbons (Fsp3) is 0.500. The van der Waals surface area contributed by atoms with Crippen LogP contribution < -0.4 is 10.1 Å². The molecule has 35 heavy (non-hydrogen) atoms. The van der Waals surface area contributed by atoms with Gasteiger partial charge in [0.1, 0.15) is 12.2 Å². The molecule has 4 atom stereocenters. The van der Waals surface area contributed by atoms with Crippen LogP contribution in [0.15, 0.2) is 30.6 Å². The largest absolute Gasteiger partial charge is 0.487 e. The molecule has 1 saturated heterocycles. The van der Waals surface area contributed by atoms with Crippen molar-refractivity contribution in [1.82, 2.24) is 4.98 Å².